The molecule has 1 aliphatic carbocycles. The van der Waals surface area contributed by atoms with Crippen LogP contribution < -0.4 is 11.1 Å². The van der Waals surface area contributed by atoms with Gasteiger partial charge in [0.1, 0.15) is 0 Å². The number of hydrogen-bond donors (Lipinski definition) is 2. The molecule has 1 aromatic heterocycles. The van der Waals surface area contributed by atoms with E-state index in [1.54, 1.807) is 12.1 Å². The Hall–Kier alpha value is -1.50. The Balaban J connectivity index is 0.00000242. The molecule has 1 amide bonds. The van der Waals surface area contributed by atoms with Gasteiger partial charge in [0.2, 0.25) is 5.91 Å². The van der Waals surface area contributed by atoms with Crippen LogP contribution >= 0.6 is 12.4 Å². The van der Waals surface area contributed by atoms with Crippen LogP contribution in [0.1, 0.15) is 31.4 Å². The minimum atomic E-state index is -4.18. The highest BCUT2D eigenvalue weighted by Gasteiger charge is 2.42. The maximum Gasteiger partial charge on any atom is 0.391 e. The van der Waals surface area contributed by atoms with Crippen molar-refractivity contribution in [2.24, 2.45) is 5.92 Å². The molecule has 1 aromatic rings. The lowest BCUT2D eigenvalue weighted by Crippen LogP contribution is -2.42. The monoisotopic (exact) mass is 337 g/mol. The lowest BCUT2D eigenvalue weighted by atomic mass is 9.85. The Labute approximate surface area is 133 Å². The maximum atomic E-state index is 12.7. The molecule has 0 bridgehead atoms. The first-order chi connectivity index (χ1) is 9.84. The van der Waals surface area contributed by atoms with Crippen molar-refractivity contribution in [3.8, 4) is 0 Å². The van der Waals surface area contributed by atoms with E-state index in [-0.39, 0.29) is 37.6 Å². The van der Waals surface area contributed by atoms with Gasteiger partial charge in [0.25, 0.3) is 0 Å². The van der Waals surface area contributed by atoms with E-state index in [2.05, 4.69) is 10.3 Å². The fourth-order valence-electron chi connectivity index (χ4n) is 2.60. The second kappa shape index (κ2) is 7.67. The molecule has 124 valence electrons. The zero-order chi connectivity index (χ0) is 15.5. The largest absolute Gasteiger partial charge is 0.397 e. The van der Waals surface area contributed by atoms with Gasteiger partial charge < -0.3 is 11.1 Å². The molecule has 8 heteroatoms. The number of pyridine rings is 1. The maximum absolute atomic E-state index is 12.7. The third kappa shape index (κ3) is 5.36. The highest BCUT2D eigenvalue weighted by atomic mass is 35.5. The van der Waals surface area contributed by atoms with Crippen LogP contribution in [0.2, 0.25) is 0 Å². The lowest BCUT2D eigenvalue weighted by molar-refractivity contribution is -0.184. The van der Waals surface area contributed by atoms with Crippen LogP contribution in [0, 0.1) is 5.92 Å². The van der Waals surface area contributed by atoms with Gasteiger partial charge in [0, 0.05) is 11.7 Å². The van der Waals surface area contributed by atoms with E-state index in [4.69, 9.17) is 5.73 Å². The van der Waals surface area contributed by atoms with E-state index in [0.717, 1.165) is 0 Å². The molecule has 2 unspecified atom stereocenters. The number of halogens is 4. The summed E-state index contributed by atoms with van der Waals surface area (Å²) in [5.74, 6) is -1.62. The number of nitrogen functional groups attached to an aromatic ring is 1. The Morgan fingerprint density at radius 1 is 1.36 bits per heavy atom. The molecule has 1 heterocycles. The van der Waals surface area contributed by atoms with Gasteiger partial charge >= 0.3 is 6.18 Å². The average Bonchev–Trinajstić information content (AvgIpc) is 2.41. The van der Waals surface area contributed by atoms with E-state index in [1.807, 2.05) is 0 Å². The van der Waals surface area contributed by atoms with Gasteiger partial charge in [-0.25, -0.2) is 0 Å². The summed E-state index contributed by atoms with van der Waals surface area (Å²) < 4.78 is 38.1. The molecule has 3 N–H and O–H groups in total. The molecule has 0 saturated heterocycles. The Bertz CT molecular complexity index is 493. The van der Waals surface area contributed by atoms with Crippen molar-refractivity contribution in [2.45, 2.75) is 44.3 Å². The van der Waals surface area contributed by atoms with Crippen LogP contribution in [0.5, 0.6) is 0 Å². The predicted molar refractivity (Wildman–Crippen MR) is 79.5 cm³/mol. The summed E-state index contributed by atoms with van der Waals surface area (Å²) in [6, 6.07) is 2.86. The minimum absolute atomic E-state index is 0. The average molecular weight is 338 g/mol. The van der Waals surface area contributed by atoms with Crippen LogP contribution in [0.4, 0.5) is 18.9 Å². The summed E-state index contributed by atoms with van der Waals surface area (Å²) in [6.45, 7) is 0. The zero-order valence-corrected chi connectivity index (χ0v) is 12.7. The molecule has 0 aromatic carbocycles. The van der Waals surface area contributed by atoms with Crippen molar-refractivity contribution in [3.63, 3.8) is 0 Å². The Morgan fingerprint density at radius 3 is 2.68 bits per heavy atom. The fraction of sp³-hybridized carbons (Fsp3) is 0.571. The third-order valence-corrected chi connectivity index (χ3v) is 3.69. The van der Waals surface area contributed by atoms with Crippen molar-refractivity contribution in [2.75, 3.05) is 5.73 Å². The number of aromatic nitrogens is 1. The van der Waals surface area contributed by atoms with Crippen molar-refractivity contribution in [3.05, 3.63) is 24.0 Å². The molecule has 22 heavy (non-hydrogen) atoms. The van der Waals surface area contributed by atoms with Gasteiger partial charge in [-0.05, 0) is 31.4 Å². The van der Waals surface area contributed by atoms with E-state index in [0.29, 0.717) is 24.2 Å². The van der Waals surface area contributed by atoms with Gasteiger partial charge in [0.05, 0.1) is 24.2 Å². The van der Waals surface area contributed by atoms with Crippen LogP contribution in [0.3, 0.4) is 0 Å². The Kier molecular flexibility index (Phi) is 6.47. The first-order valence-electron chi connectivity index (χ1n) is 6.91. The molecule has 1 fully saturated rings. The van der Waals surface area contributed by atoms with Gasteiger partial charge in [-0.15, -0.1) is 12.4 Å². The van der Waals surface area contributed by atoms with Gasteiger partial charge in [0.15, 0.2) is 0 Å². The summed E-state index contributed by atoms with van der Waals surface area (Å²) in [5, 5.41) is 2.67. The second-order valence-corrected chi connectivity index (χ2v) is 5.43. The number of rotatable bonds is 3. The summed E-state index contributed by atoms with van der Waals surface area (Å²) in [7, 11) is 0. The molecule has 2 rings (SSSR count). The van der Waals surface area contributed by atoms with Crippen molar-refractivity contribution < 1.29 is 18.0 Å². The first-order valence-corrected chi connectivity index (χ1v) is 6.91. The number of nitrogens with zero attached hydrogens (tertiary/aromatic N) is 1. The van der Waals surface area contributed by atoms with Gasteiger partial charge in [-0.1, -0.05) is 6.42 Å². The number of carbonyl (C=O) groups is 1. The molecule has 0 radical (unpaired) electrons. The highest BCUT2D eigenvalue weighted by molar-refractivity contribution is 5.85. The highest BCUT2D eigenvalue weighted by Crippen LogP contribution is 2.37. The van der Waals surface area contributed by atoms with E-state index < -0.39 is 18.1 Å². The molecule has 2 atom stereocenters. The normalized spacial score (nSPS) is 21.8. The van der Waals surface area contributed by atoms with Crippen molar-refractivity contribution in [1.82, 2.24) is 10.3 Å². The molecular weight excluding hydrogens is 319 g/mol. The molecule has 0 aliphatic heterocycles. The van der Waals surface area contributed by atoms with Crippen LogP contribution in [-0.2, 0) is 11.2 Å². The van der Waals surface area contributed by atoms with Crippen molar-refractivity contribution >= 4 is 24.0 Å². The number of carbonyl (C=O) groups excluding carboxylic acids is 1. The number of amides is 1. The minimum Gasteiger partial charge on any atom is -0.397 e. The van der Waals surface area contributed by atoms with Gasteiger partial charge in [-0.3, -0.25) is 9.78 Å². The van der Waals surface area contributed by atoms with Crippen molar-refractivity contribution in [1.29, 1.82) is 0 Å². The molecule has 4 nitrogen and oxygen atoms in total. The van der Waals surface area contributed by atoms with Crippen LogP contribution in [0.15, 0.2) is 18.3 Å². The smallest absolute Gasteiger partial charge is 0.391 e. The molecule has 0 spiro atoms. The summed E-state index contributed by atoms with van der Waals surface area (Å²) in [4.78, 5) is 15.9. The summed E-state index contributed by atoms with van der Waals surface area (Å²) >= 11 is 0. The molecule has 1 aliphatic rings. The first kappa shape index (κ1) is 18.5. The summed E-state index contributed by atoms with van der Waals surface area (Å²) in [5.41, 5.74) is 6.54. The quantitative estimate of drug-likeness (QED) is 0.891. The lowest BCUT2D eigenvalue weighted by Gasteiger charge is -2.31. The number of anilines is 1. The van der Waals surface area contributed by atoms with Crippen LogP contribution in [-0.4, -0.2) is 23.1 Å². The predicted octanol–water partition coefficient (Wildman–Crippen LogP) is 2.87. The third-order valence-electron chi connectivity index (χ3n) is 3.69. The van der Waals surface area contributed by atoms with E-state index >= 15 is 0 Å². The molecule has 1 saturated carbocycles. The van der Waals surface area contributed by atoms with E-state index in [9.17, 15) is 18.0 Å². The van der Waals surface area contributed by atoms with E-state index in [1.165, 1.54) is 6.20 Å². The number of nitrogens with one attached hydrogen (secondary N) is 1. The SMILES string of the molecule is Cl.Nc1ccc(CC(=O)NC2CCCC(C(F)(F)F)C2)nc1. The number of hydrogen-bond acceptors (Lipinski definition) is 3. The molecular formula is C14H19ClF3N3O. The standard InChI is InChI=1S/C14H18F3N3O.ClH/c15-14(16,17)9-2-1-3-12(6-9)20-13(21)7-11-5-4-10(18)8-19-11;/h4-5,8-9,12H,1-3,6-7,18H2,(H,20,21);1H. The topological polar surface area (TPSA) is 68.0 Å². The fourth-order valence-corrected chi connectivity index (χ4v) is 2.60. The second-order valence-electron chi connectivity index (χ2n) is 5.43. The zero-order valence-electron chi connectivity index (χ0n) is 11.9. The number of alkyl halides is 3. The Morgan fingerprint density at radius 2 is 2.09 bits per heavy atom. The number of nitrogens with two attached hydrogens (primary N) is 1. The van der Waals surface area contributed by atoms with Crippen LogP contribution in [0.25, 0.3) is 0 Å². The summed E-state index contributed by atoms with van der Waals surface area (Å²) in [6.07, 6.45) is -1.50. The van der Waals surface area contributed by atoms with Gasteiger partial charge in [-0.2, -0.15) is 13.2 Å².